The SMILES string of the molecule is O=C(NCC1CCN(CCc2ccc(F)cc2)CC1)c1noc2c1CCc1sccc1-2. The highest BCUT2D eigenvalue weighted by Crippen LogP contribution is 2.38. The third-order valence-electron chi connectivity index (χ3n) is 6.48. The lowest BCUT2D eigenvalue weighted by Crippen LogP contribution is -2.39. The topological polar surface area (TPSA) is 58.4 Å². The number of aryl methyl sites for hydroxylation is 1. The average molecular weight is 440 g/mol. The molecule has 2 aliphatic rings. The van der Waals surface area contributed by atoms with Gasteiger partial charge in [-0.25, -0.2) is 4.39 Å². The second-order valence-corrected chi connectivity index (χ2v) is 9.47. The summed E-state index contributed by atoms with van der Waals surface area (Å²) in [5, 5.41) is 9.25. The van der Waals surface area contributed by atoms with E-state index in [0.717, 1.165) is 68.6 Å². The lowest BCUT2D eigenvalue weighted by atomic mass is 9.94. The molecule has 0 radical (unpaired) electrons. The molecule has 0 unspecified atom stereocenters. The molecule has 0 bridgehead atoms. The van der Waals surface area contributed by atoms with E-state index in [1.54, 1.807) is 11.3 Å². The number of benzene rings is 1. The van der Waals surface area contributed by atoms with Gasteiger partial charge in [0.25, 0.3) is 5.91 Å². The maximum atomic E-state index is 13.0. The van der Waals surface area contributed by atoms with Gasteiger partial charge in [-0.05, 0) is 80.3 Å². The Hall–Kier alpha value is -2.51. The number of carbonyl (C=O) groups excluding carboxylic acids is 1. The van der Waals surface area contributed by atoms with E-state index in [0.29, 0.717) is 18.2 Å². The Morgan fingerprint density at radius 2 is 2.00 bits per heavy atom. The summed E-state index contributed by atoms with van der Waals surface area (Å²) in [5.41, 5.74) is 3.65. The van der Waals surface area contributed by atoms with Crippen LogP contribution < -0.4 is 5.32 Å². The van der Waals surface area contributed by atoms with E-state index < -0.39 is 0 Å². The highest BCUT2D eigenvalue weighted by molar-refractivity contribution is 7.10. The quantitative estimate of drug-likeness (QED) is 0.621. The first-order valence-electron chi connectivity index (χ1n) is 11.0. The number of piperidine rings is 1. The molecule has 1 N–H and O–H groups in total. The number of rotatable bonds is 6. The lowest BCUT2D eigenvalue weighted by molar-refractivity contribution is 0.0926. The van der Waals surface area contributed by atoms with Crippen LogP contribution in [0.4, 0.5) is 4.39 Å². The zero-order chi connectivity index (χ0) is 21.2. The Labute approximate surface area is 185 Å². The molecule has 1 saturated heterocycles. The van der Waals surface area contributed by atoms with Gasteiger partial charge in [-0.3, -0.25) is 4.79 Å². The van der Waals surface area contributed by atoms with Crippen LogP contribution in [0, 0.1) is 11.7 Å². The molecule has 7 heteroatoms. The molecule has 0 atom stereocenters. The molecule has 2 aromatic heterocycles. The number of hydrogen-bond acceptors (Lipinski definition) is 5. The van der Waals surface area contributed by atoms with Crippen LogP contribution in [0.25, 0.3) is 11.3 Å². The fourth-order valence-electron chi connectivity index (χ4n) is 4.58. The van der Waals surface area contributed by atoms with E-state index in [9.17, 15) is 9.18 Å². The highest BCUT2D eigenvalue weighted by Gasteiger charge is 2.28. The maximum Gasteiger partial charge on any atom is 0.273 e. The first-order chi connectivity index (χ1) is 15.2. The molecule has 1 aliphatic carbocycles. The first-order valence-corrected chi connectivity index (χ1v) is 11.9. The maximum absolute atomic E-state index is 13.0. The lowest BCUT2D eigenvalue weighted by Gasteiger charge is -2.32. The van der Waals surface area contributed by atoms with Crippen molar-refractivity contribution in [2.75, 3.05) is 26.2 Å². The molecule has 0 saturated carbocycles. The van der Waals surface area contributed by atoms with Gasteiger partial charge < -0.3 is 14.7 Å². The molecular weight excluding hydrogens is 413 g/mol. The van der Waals surface area contributed by atoms with E-state index in [1.807, 2.05) is 12.1 Å². The minimum Gasteiger partial charge on any atom is -0.355 e. The summed E-state index contributed by atoms with van der Waals surface area (Å²) in [7, 11) is 0. The number of aromatic nitrogens is 1. The fraction of sp³-hybridized carbons (Fsp3) is 0.417. The summed E-state index contributed by atoms with van der Waals surface area (Å²) >= 11 is 1.73. The van der Waals surface area contributed by atoms with Gasteiger partial charge in [0.15, 0.2) is 11.5 Å². The molecule has 5 nitrogen and oxygen atoms in total. The van der Waals surface area contributed by atoms with Crippen molar-refractivity contribution in [1.82, 2.24) is 15.4 Å². The minimum absolute atomic E-state index is 0.123. The number of halogens is 1. The summed E-state index contributed by atoms with van der Waals surface area (Å²) in [5.74, 6) is 0.940. The van der Waals surface area contributed by atoms with Crippen LogP contribution in [0.15, 0.2) is 40.2 Å². The van der Waals surface area contributed by atoms with Crippen LogP contribution in [-0.2, 0) is 19.3 Å². The number of nitrogens with one attached hydrogen (secondary N) is 1. The Bertz CT molecular complexity index is 1050. The van der Waals surface area contributed by atoms with Crippen molar-refractivity contribution in [3.8, 4) is 11.3 Å². The normalized spacial score (nSPS) is 16.7. The number of hydrogen-bond donors (Lipinski definition) is 1. The van der Waals surface area contributed by atoms with Gasteiger partial charge in [0, 0.05) is 29.1 Å². The predicted octanol–water partition coefficient (Wildman–Crippen LogP) is 4.33. The molecule has 3 aromatic rings. The van der Waals surface area contributed by atoms with E-state index >= 15 is 0 Å². The zero-order valence-corrected chi connectivity index (χ0v) is 18.2. The van der Waals surface area contributed by atoms with Crippen LogP contribution in [0.5, 0.6) is 0 Å². The Morgan fingerprint density at radius 1 is 1.19 bits per heavy atom. The van der Waals surface area contributed by atoms with Crippen LogP contribution in [0.2, 0.25) is 0 Å². The second kappa shape index (κ2) is 8.93. The zero-order valence-electron chi connectivity index (χ0n) is 17.4. The monoisotopic (exact) mass is 439 g/mol. The molecular formula is C24H26FN3O2S. The van der Waals surface area contributed by atoms with E-state index in [-0.39, 0.29) is 11.7 Å². The molecule has 1 aliphatic heterocycles. The number of fused-ring (bicyclic) bond motifs is 3. The van der Waals surface area contributed by atoms with Crippen LogP contribution in [-0.4, -0.2) is 42.1 Å². The van der Waals surface area contributed by atoms with Gasteiger partial charge in [0.1, 0.15) is 5.82 Å². The summed E-state index contributed by atoms with van der Waals surface area (Å²) < 4.78 is 18.6. The average Bonchev–Trinajstić information content (AvgIpc) is 3.44. The molecule has 3 heterocycles. The predicted molar refractivity (Wildman–Crippen MR) is 119 cm³/mol. The van der Waals surface area contributed by atoms with E-state index in [1.165, 1.54) is 22.6 Å². The third kappa shape index (κ3) is 4.43. The molecule has 0 spiro atoms. The number of thiophene rings is 1. The van der Waals surface area contributed by atoms with Crippen molar-refractivity contribution in [1.29, 1.82) is 0 Å². The Balaban J connectivity index is 1.09. The van der Waals surface area contributed by atoms with Gasteiger partial charge in [-0.15, -0.1) is 11.3 Å². The molecule has 1 amide bonds. The summed E-state index contributed by atoms with van der Waals surface area (Å²) in [6, 6.07) is 8.82. The van der Waals surface area contributed by atoms with Crippen molar-refractivity contribution in [3.63, 3.8) is 0 Å². The van der Waals surface area contributed by atoms with Crippen LogP contribution in [0.1, 0.15) is 39.3 Å². The van der Waals surface area contributed by atoms with E-state index in [4.69, 9.17) is 4.52 Å². The van der Waals surface area contributed by atoms with E-state index in [2.05, 4.69) is 26.8 Å². The number of likely N-dealkylation sites (tertiary alicyclic amines) is 1. The number of carbonyl (C=O) groups is 1. The van der Waals surface area contributed by atoms with Gasteiger partial charge in [-0.2, -0.15) is 0 Å². The Morgan fingerprint density at radius 3 is 2.81 bits per heavy atom. The van der Waals surface area contributed by atoms with Crippen LogP contribution in [0.3, 0.4) is 0 Å². The van der Waals surface area contributed by atoms with Crippen molar-refractivity contribution >= 4 is 17.2 Å². The number of nitrogens with zero attached hydrogens (tertiary/aromatic N) is 2. The molecule has 1 aromatic carbocycles. The summed E-state index contributed by atoms with van der Waals surface area (Å²) in [6.45, 7) is 3.72. The van der Waals surface area contributed by atoms with Crippen molar-refractivity contribution in [3.05, 3.63) is 63.2 Å². The second-order valence-electron chi connectivity index (χ2n) is 8.47. The standard InChI is InChI=1S/C24H26FN3O2S/c25-18-3-1-16(2-4-18)7-11-28-12-8-17(9-13-28)15-26-24(29)22-20-5-6-21-19(10-14-31-21)23(20)30-27-22/h1-4,10,14,17H,5-9,11-13,15H2,(H,26,29). The van der Waals surface area contributed by atoms with Gasteiger partial charge in [0.2, 0.25) is 0 Å². The number of amides is 1. The van der Waals surface area contributed by atoms with Gasteiger partial charge in [0.05, 0.1) is 0 Å². The molecule has 31 heavy (non-hydrogen) atoms. The fourth-order valence-corrected chi connectivity index (χ4v) is 5.46. The van der Waals surface area contributed by atoms with Gasteiger partial charge >= 0.3 is 0 Å². The summed E-state index contributed by atoms with van der Waals surface area (Å²) in [6.07, 6.45) is 4.82. The van der Waals surface area contributed by atoms with Crippen molar-refractivity contribution < 1.29 is 13.7 Å². The smallest absolute Gasteiger partial charge is 0.273 e. The molecule has 1 fully saturated rings. The summed E-state index contributed by atoms with van der Waals surface area (Å²) in [4.78, 5) is 16.5. The largest absolute Gasteiger partial charge is 0.355 e. The third-order valence-corrected chi connectivity index (χ3v) is 7.46. The Kier molecular flexibility index (Phi) is 5.87. The molecule has 5 rings (SSSR count). The van der Waals surface area contributed by atoms with Crippen LogP contribution >= 0.6 is 11.3 Å². The van der Waals surface area contributed by atoms with Gasteiger partial charge in [-0.1, -0.05) is 17.3 Å². The van der Waals surface area contributed by atoms with Crippen molar-refractivity contribution in [2.45, 2.75) is 32.1 Å². The highest BCUT2D eigenvalue weighted by atomic mass is 32.1. The van der Waals surface area contributed by atoms with Crippen molar-refractivity contribution in [2.24, 2.45) is 5.92 Å². The molecule has 162 valence electrons. The first kappa shape index (κ1) is 20.4. The minimum atomic E-state index is -0.186.